The van der Waals surface area contributed by atoms with Crippen molar-refractivity contribution in [2.75, 3.05) is 39.5 Å². The molecule has 106 valence electrons. The van der Waals surface area contributed by atoms with Crippen molar-refractivity contribution in [2.24, 2.45) is 13.0 Å². The lowest BCUT2D eigenvalue weighted by molar-refractivity contribution is 0.0738. The predicted octanol–water partition coefficient (Wildman–Crippen LogP) is 1.02. The Hall–Kier alpha value is -1.49. The Balaban J connectivity index is 1.94. The molecule has 0 aromatic carbocycles. The third-order valence-electron chi connectivity index (χ3n) is 3.96. The lowest BCUT2D eigenvalue weighted by Gasteiger charge is -2.31. The van der Waals surface area contributed by atoms with Gasteiger partial charge in [-0.2, -0.15) is 0 Å². The highest BCUT2D eigenvalue weighted by Crippen LogP contribution is 2.18. The maximum Gasteiger partial charge on any atom is 0.270 e. The van der Waals surface area contributed by atoms with Crippen LogP contribution in [0.15, 0.2) is 12.3 Å². The van der Waals surface area contributed by atoms with Crippen LogP contribution >= 0.6 is 0 Å². The number of anilines is 1. The Morgan fingerprint density at radius 2 is 2.05 bits per heavy atom. The summed E-state index contributed by atoms with van der Waals surface area (Å²) in [6.45, 7) is 3.09. The van der Waals surface area contributed by atoms with E-state index in [1.54, 1.807) is 16.8 Å². The third kappa shape index (κ3) is 3.29. The molecule has 0 spiro atoms. The summed E-state index contributed by atoms with van der Waals surface area (Å²) in [6, 6.07) is 1.74. The van der Waals surface area contributed by atoms with Crippen molar-refractivity contribution in [3.05, 3.63) is 18.0 Å². The highest BCUT2D eigenvalue weighted by Gasteiger charge is 2.22. The monoisotopic (exact) mass is 264 g/mol. The SMILES string of the molecule is CN1CCC(CN(C)C(=O)c2cc(N)cn2C)CC1. The summed E-state index contributed by atoms with van der Waals surface area (Å²) in [6.07, 6.45) is 4.11. The van der Waals surface area contributed by atoms with E-state index in [0.717, 1.165) is 19.6 Å². The number of aryl methyl sites for hydroxylation is 1. The Labute approximate surface area is 115 Å². The molecule has 1 aliphatic heterocycles. The van der Waals surface area contributed by atoms with Gasteiger partial charge in [0.15, 0.2) is 0 Å². The van der Waals surface area contributed by atoms with Gasteiger partial charge in [0.05, 0.1) is 5.69 Å². The van der Waals surface area contributed by atoms with Crippen LogP contribution in [0.5, 0.6) is 0 Å². The number of carbonyl (C=O) groups excluding carboxylic acids is 1. The molecule has 0 atom stereocenters. The lowest BCUT2D eigenvalue weighted by Crippen LogP contribution is -2.38. The molecule has 0 unspecified atom stereocenters. The Morgan fingerprint density at radius 3 is 2.58 bits per heavy atom. The standard InChI is InChI=1S/C14H24N4O/c1-16-6-4-11(5-7-16)9-18(3)14(19)13-8-12(15)10-17(13)2/h8,10-11H,4-7,9,15H2,1-3H3. The summed E-state index contributed by atoms with van der Waals surface area (Å²) in [5.41, 5.74) is 7.02. The number of nitrogen functional groups attached to an aromatic ring is 1. The van der Waals surface area contributed by atoms with E-state index in [2.05, 4.69) is 11.9 Å². The number of nitrogens with zero attached hydrogens (tertiary/aromatic N) is 3. The highest BCUT2D eigenvalue weighted by atomic mass is 16.2. The molecule has 5 heteroatoms. The summed E-state index contributed by atoms with van der Waals surface area (Å²) in [4.78, 5) is 16.5. The number of hydrogen-bond donors (Lipinski definition) is 1. The van der Waals surface area contributed by atoms with E-state index in [1.165, 1.54) is 12.8 Å². The highest BCUT2D eigenvalue weighted by molar-refractivity contribution is 5.93. The Bertz CT molecular complexity index is 446. The van der Waals surface area contributed by atoms with Crippen LogP contribution in [0.2, 0.25) is 0 Å². The fourth-order valence-corrected chi connectivity index (χ4v) is 2.71. The first kappa shape index (κ1) is 13.9. The van der Waals surface area contributed by atoms with Crippen LogP contribution in [-0.4, -0.2) is 54.0 Å². The van der Waals surface area contributed by atoms with Gasteiger partial charge in [-0.1, -0.05) is 0 Å². The van der Waals surface area contributed by atoms with Crippen LogP contribution in [0.4, 0.5) is 5.69 Å². The second kappa shape index (κ2) is 5.65. The molecule has 1 aromatic rings. The predicted molar refractivity (Wildman–Crippen MR) is 77.0 cm³/mol. The number of hydrogen-bond acceptors (Lipinski definition) is 3. The molecule has 1 saturated heterocycles. The molecule has 0 radical (unpaired) electrons. The Morgan fingerprint density at radius 1 is 1.42 bits per heavy atom. The van der Waals surface area contributed by atoms with E-state index < -0.39 is 0 Å². The molecule has 2 heterocycles. The number of likely N-dealkylation sites (tertiary alicyclic amines) is 1. The van der Waals surface area contributed by atoms with E-state index in [-0.39, 0.29) is 5.91 Å². The molecular formula is C14H24N4O. The number of carbonyl (C=O) groups is 1. The minimum absolute atomic E-state index is 0.0538. The van der Waals surface area contributed by atoms with Gasteiger partial charge in [-0.05, 0) is 45.0 Å². The third-order valence-corrected chi connectivity index (χ3v) is 3.96. The van der Waals surface area contributed by atoms with Gasteiger partial charge in [-0.25, -0.2) is 0 Å². The van der Waals surface area contributed by atoms with Crippen LogP contribution in [0, 0.1) is 5.92 Å². The fraction of sp³-hybridized carbons (Fsp3) is 0.643. The van der Waals surface area contributed by atoms with Crippen molar-refractivity contribution >= 4 is 11.6 Å². The van der Waals surface area contributed by atoms with Gasteiger partial charge in [-0.15, -0.1) is 0 Å². The summed E-state index contributed by atoms with van der Waals surface area (Å²) < 4.78 is 1.79. The summed E-state index contributed by atoms with van der Waals surface area (Å²) >= 11 is 0. The van der Waals surface area contributed by atoms with Gasteiger partial charge in [0.1, 0.15) is 5.69 Å². The zero-order valence-electron chi connectivity index (χ0n) is 12.1. The molecule has 0 saturated carbocycles. The number of aromatic nitrogens is 1. The molecule has 19 heavy (non-hydrogen) atoms. The van der Waals surface area contributed by atoms with Crippen LogP contribution in [0.25, 0.3) is 0 Å². The van der Waals surface area contributed by atoms with Gasteiger partial charge in [0.2, 0.25) is 0 Å². The molecule has 1 aromatic heterocycles. The first-order valence-corrected chi connectivity index (χ1v) is 6.83. The van der Waals surface area contributed by atoms with Crippen LogP contribution in [0.1, 0.15) is 23.3 Å². The molecule has 1 aliphatic rings. The average Bonchev–Trinajstić information content (AvgIpc) is 2.70. The molecule has 2 rings (SSSR count). The second-order valence-electron chi connectivity index (χ2n) is 5.70. The second-order valence-corrected chi connectivity index (χ2v) is 5.70. The largest absolute Gasteiger partial charge is 0.397 e. The zero-order valence-corrected chi connectivity index (χ0v) is 12.1. The summed E-state index contributed by atoms with van der Waals surface area (Å²) in [5.74, 6) is 0.667. The van der Waals surface area contributed by atoms with Gasteiger partial charge >= 0.3 is 0 Å². The first-order chi connectivity index (χ1) is 8.97. The van der Waals surface area contributed by atoms with E-state index >= 15 is 0 Å². The minimum Gasteiger partial charge on any atom is -0.397 e. The van der Waals surface area contributed by atoms with E-state index in [0.29, 0.717) is 17.3 Å². The fourth-order valence-electron chi connectivity index (χ4n) is 2.71. The smallest absolute Gasteiger partial charge is 0.270 e. The van der Waals surface area contributed by atoms with Gasteiger partial charge < -0.3 is 20.1 Å². The first-order valence-electron chi connectivity index (χ1n) is 6.83. The maximum absolute atomic E-state index is 12.4. The van der Waals surface area contributed by atoms with Crippen LogP contribution in [0.3, 0.4) is 0 Å². The van der Waals surface area contributed by atoms with Crippen molar-refractivity contribution in [1.29, 1.82) is 0 Å². The van der Waals surface area contributed by atoms with Crippen molar-refractivity contribution in [1.82, 2.24) is 14.4 Å². The van der Waals surface area contributed by atoms with Gasteiger partial charge in [0.25, 0.3) is 5.91 Å². The van der Waals surface area contributed by atoms with Gasteiger partial charge in [-0.3, -0.25) is 4.79 Å². The minimum atomic E-state index is 0.0538. The lowest BCUT2D eigenvalue weighted by atomic mass is 9.96. The maximum atomic E-state index is 12.4. The van der Waals surface area contributed by atoms with Gasteiger partial charge in [0, 0.05) is 26.8 Å². The molecule has 0 aliphatic carbocycles. The van der Waals surface area contributed by atoms with E-state index in [1.807, 2.05) is 19.0 Å². The molecule has 0 bridgehead atoms. The average molecular weight is 264 g/mol. The molecular weight excluding hydrogens is 240 g/mol. The molecule has 2 N–H and O–H groups in total. The zero-order chi connectivity index (χ0) is 14.0. The quantitative estimate of drug-likeness (QED) is 0.887. The topological polar surface area (TPSA) is 54.5 Å². The van der Waals surface area contributed by atoms with E-state index in [4.69, 9.17) is 5.73 Å². The van der Waals surface area contributed by atoms with Crippen LogP contribution < -0.4 is 5.73 Å². The molecule has 1 amide bonds. The Kier molecular flexibility index (Phi) is 4.14. The summed E-state index contributed by atoms with van der Waals surface area (Å²) in [5, 5.41) is 0. The van der Waals surface area contributed by atoms with Crippen LogP contribution in [-0.2, 0) is 7.05 Å². The van der Waals surface area contributed by atoms with Crippen molar-refractivity contribution in [3.8, 4) is 0 Å². The van der Waals surface area contributed by atoms with Crippen molar-refractivity contribution in [3.63, 3.8) is 0 Å². The number of rotatable bonds is 3. The summed E-state index contributed by atoms with van der Waals surface area (Å²) in [7, 11) is 5.88. The van der Waals surface area contributed by atoms with E-state index in [9.17, 15) is 4.79 Å². The number of amides is 1. The molecule has 5 nitrogen and oxygen atoms in total. The van der Waals surface area contributed by atoms with Crippen molar-refractivity contribution in [2.45, 2.75) is 12.8 Å². The van der Waals surface area contributed by atoms with Crippen molar-refractivity contribution < 1.29 is 4.79 Å². The normalized spacial score (nSPS) is 17.6. The number of nitrogens with two attached hydrogens (primary N) is 1. The molecule has 1 fully saturated rings. The number of piperidine rings is 1.